The number of carbonyl (C=O) groups is 1. The number of likely N-dealkylation sites (N-methyl/N-ethyl adjacent to an activating group) is 1. The quantitative estimate of drug-likeness (QED) is 0.273. The molecule has 2 aliphatic heterocycles. The maximum atomic E-state index is 14.5. The molecule has 1 fully saturated rings. The summed E-state index contributed by atoms with van der Waals surface area (Å²) in [5.74, 6) is 0.379. The smallest absolute Gasteiger partial charge is 0.369 e. The number of anilines is 2. The number of carbonyl (C=O) groups excluding carboxylic acids is 1. The van der Waals surface area contributed by atoms with Gasteiger partial charge in [-0.1, -0.05) is 0 Å². The summed E-state index contributed by atoms with van der Waals surface area (Å²) in [6.07, 6.45) is -2.95. The molecule has 2 aromatic heterocycles. The van der Waals surface area contributed by atoms with Crippen LogP contribution in [0.25, 0.3) is 22.5 Å². The molecule has 14 heteroatoms. The van der Waals surface area contributed by atoms with E-state index >= 15 is 0 Å². The molecule has 1 N–H and O–H groups in total. The standard InChI is InChI=1S/C33H31F3N10O/c1-43-8-10-45(11-9-43)18-22-13-26-27(28(14-22)33(34,35)36)19-46(32(26)47)30-16-23(15-29(41-30)39-7-3-6-37)25-12-21(17-38)4-5-24(25)31-42-40-20-44(31)2/h4-5,12-16,20H,3,7-11,18-19H2,1-2H3,(H,39,41). The highest BCUT2D eigenvalue weighted by atomic mass is 19.4. The Balaban J connectivity index is 1.43. The summed E-state index contributed by atoms with van der Waals surface area (Å²) in [6.45, 7) is 3.30. The van der Waals surface area contributed by atoms with Gasteiger partial charge in [0.05, 0.1) is 36.2 Å². The Morgan fingerprint density at radius 1 is 0.979 bits per heavy atom. The van der Waals surface area contributed by atoms with Gasteiger partial charge in [0.25, 0.3) is 5.91 Å². The van der Waals surface area contributed by atoms with Crippen molar-refractivity contribution in [2.75, 3.05) is 50.0 Å². The zero-order valence-corrected chi connectivity index (χ0v) is 25.8. The second-order valence-corrected chi connectivity index (χ2v) is 11.7. The van der Waals surface area contributed by atoms with Crippen LogP contribution in [0.15, 0.2) is 48.8 Å². The topological polar surface area (TPSA) is 130 Å². The Morgan fingerprint density at radius 2 is 1.77 bits per heavy atom. The molecule has 0 spiro atoms. The summed E-state index contributed by atoms with van der Waals surface area (Å²) < 4.78 is 45.1. The fourth-order valence-corrected chi connectivity index (χ4v) is 5.98. The van der Waals surface area contributed by atoms with E-state index in [0.717, 1.165) is 32.2 Å². The van der Waals surface area contributed by atoms with Gasteiger partial charge in [-0.25, -0.2) is 4.98 Å². The van der Waals surface area contributed by atoms with E-state index in [0.29, 0.717) is 46.0 Å². The number of amides is 1. The monoisotopic (exact) mass is 640 g/mol. The predicted octanol–water partition coefficient (Wildman–Crippen LogP) is 4.67. The molecular formula is C33H31F3N10O. The van der Waals surface area contributed by atoms with Crippen LogP contribution in [0.5, 0.6) is 0 Å². The van der Waals surface area contributed by atoms with Gasteiger partial charge in [-0.05, 0) is 71.8 Å². The third kappa shape index (κ3) is 6.52. The van der Waals surface area contributed by atoms with Crippen molar-refractivity contribution in [3.05, 3.63) is 76.6 Å². The van der Waals surface area contributed by atoms with Crippen LogP contribution in [-0.2, 0) is 26.3 Å². The first-order chi connectivity index (χ1) is 22.5. The average Bonchev–Trinajstić information content (AvgIpc) is 3.63. The third-order valence-electron chi connectivity index (χ3n) is 8.45. The SMILES string of the molecule is CN1CCN(Cc2cc3c(c(C(F)(F)F)c2)CN(c2cc(-c4cc(C#N)ccc4-c4nncn4C)cc(NCCC#N)n2)C3=O)CC1. The number of pyridine rings is 1. The van der Waals surface area contributed by atoms with Crippen molar-refractivity contribution in [3.8, 4) is 34.7 Å². The van der Waals surface area contributed by atoms with Crippen molar-refractivity contribution in [3.63, 3.8) is 0 Å². The van der Waals surface area contributed by atoms with Gasteiger partial charge in [0.15, 0.2) is 5.82 Å². The maximum Gasteiger partial charge on any atom is 0.416 e. The average molecular weight is 641 g/mol. The van der Waals surface area contributed by atoms with Crippen LogP contribution in [-0.4, -0.2) is 75.2 Å². The first-order valence-corrected chi connectivity index (χ1v) is 15.0. The molecule has 4 aromatic rings. The number of halogens is 3. The first kappa shape index (κ1) is 31.7. The number of nitriles is 2. The van der Waals surface area contributed by atoms with Crippen molar-refractivity contribution in [1.82, 2.24) is 29.5 Å². The number of hydrogen-bond donors (Lipinski definition) is 1. The Hall–Kier alpha value is -5.31. The molecule has 0 aliphatic carbocycles. The van der Waals surface area contributed by atoms with Crippen LogP contribution in [0.1, 0.15) is 39.0 Å². The van der Waals surface area contributed by atoms with Gasteiger partial charge in [0, 0.05) is 57.4 Å². The van der Waals surface area contributed by atoms with Gasteiger partial charge in [0.2, 0.25) is 0 Å². The van der Waals surface area contributed by atoms with Gasteiger partial charge in [-0.15, -0.1) is 10.2 Å². The molecule has 1 amide bonds. The second kappa shape index (κ2) is 12.8. The third-order valence-corrected chi connectivity index (χ3v) is 8.45. The molecule has 2 aromatic carbocycles. The highest BCUT2D eigenvalue weighted by molar-refractivity contribution is 6.10. The Bertz CT molecular complexity index is 1920. The van der Waals surface area contributed by atoms with Gasteiger partial charge < -0.3 is 14.8 Å². The number of aryl methyl sites for hydroxylation is 1. The number of fused-ring (bicyclic) bond motifs is 1. The van der Waals surface area contributed by atoms with Crippen molar-refractivity contribution in [2.24, 2.45) is 7.05 Å². The van der Waals surface area contributed by atoms with E-state index in [2.05, 4.69) is 42.4 Å². The minimum atomic E-state index is -4.67. The Kier molecular flexibility index (Phi) is 8.64. The minimum Gasteiger partial charge on any atom is -0.369 e. The highest BCUT2D eigenvalue weighted by Crippen LogP contribution is 2.41. The summed E-state index contributed by atoms with van der Waals surface area (Å²) in [6, 6.07) is 15.3. The Labute approximate surface area is 269 Å². The highest BCUT2D eigenvalue weighted by Gasteiger charge is 2.41. The summed E-state index contributed by atoms with van der Waals surface area (Å²) in [4.78, 5) is 24.1. The number of benzene rings is 2. The number of nitrogens with one attached hydrogen (secondary N) is 1. The summed E-state index contributed by atoms with van der Waals surface area (Å²) in [5, 5.41) is 30.1. The van der Waals surface area contributed by atoms with Crippen LogP contribution < -0.4 is 10.2 Å². The number of piperazine rings is 1. The summed E-state index contributed by atoms with van der Waals surface area (Å²) in [7, 11) is 3.78. The summed E-state index contributed by atoms with van der Waals surface area (Å²) in [5.41, 5.74) is 1.65. The minimum absolute atomic E-state index is 0.00129. The molecule has 0 radical (unpaired) electrons. The van der Waals surface area contributed by atoms with E-state index in [4.69, 9.17) is 5.26 Å². The fraction of sp³-hybridized carbons (Fsp3) is 0.333. The number of hydrogen-bond acceptors (Lipinski definition) is 9. The normalized spacial score (nSPS) is 15.4. The number of rotatable bonds is 8. The zero-order chi connectivity index (χ0) is 33.3. The molecule has 2 aliphatic rings. The molecule has 11 nitrogen and oxygen atoms in total. The largest absolute Gasteiger partial charge is 0.416 e. The Morgan fingerprint density at radius 3 is 2.45 bits per heavy atom. The van der Waals surface area contributed by atoms with Crippen molar-refractivity contribution in [2.45, 2.75) is 25.7 Å². The van der Waals surface area contributed by atoms with Crippen LogP contribution >= 0.6 is 0 Å². The second-order valence-electron chi connectivity index (χ2n) is 11.7. The molecule has 4 heterocycles. The van der Waals surface area contributed by atoms with Crippen LogP contribution in [0.3, 0.4) is 0 Å². The lowest BCUT2D eigenvalue weighted by Gasteiger charge is -2.32. The van der Waals surface area contributed by atoms with E-state index < -0.39 is 17.6 Å². The molecule has 0 atom stereocenters. The van der Waals surface area contributed by atoms with E-state index in [-0.39, 0.29) is 36.5 Å². The van der Waals surface area contributed by atoms with Crippen molar-refractivity contribution < 1.29 is 18.0 Å². The molecule has 0 bridgehead atoms. The number of nitrogens with zero attached hydrogens (tertiary/aromatic N) is 9. The van der Waals surface area contributed by atoms with Crippen molar-refractivity contribution in [1.29, 1.82) is 10.5 Å². The molecule has 47 heavy (non-hydrogen) atoms. The zero-order valence-electron chi connectivity index (χ0n) is 25.8. The van der Waals surface area contributed by atoms with Crippen LogP contribution in [0.4, 0.5) is 24.8 Å². The van der Waals surface area contributed by atoms with E-state index in [1.54, 1.807) is 54.3 Å². The number of alkyl halides is 3. The van der Waals surface area contributed by atoms with E-state index in [1.165, 1.54) is 4.90 Å². The van der Waals surface area contributed by atoms with Crippen molar-refractivity contribution >= 4 is 17.5 Å². The van der Waals surface area contributed by atoms with Crippen LogP contribution in [0.2, 0.25) is 0 Å². The van der Waals surface area contributed by atoms with E-state index in [9.17, 15) is 23.2 Å². The van der Waals surface area contributed by atoms with Gasteiger partial charge in [-0.3, -0.25) is 14.6 Å². The molecule has 6 rings (SSSR count). The molecule has 0 unspecified atom stereocenters. The van der Waals surface area contributed by atoms with Gasteiger partial charge in [-0.2, -0.15) is 23.7 Å². The molecule has 240 valence electrons. The predicted molar refractivity (Wildman–Crippen MR) is 168 cm³/mol. The van der Waals surface area contributed by atoms with Crippen LogP contribution in [0, 0.1) is 22.7 Å². The van der Waals surface area contributed by atoms with Gasteiger partial charge >= 0.3 is 6.18 Å². The number of aromatic nitrogens is 4. The molecule has 0 saturated carbocycles. The lowest BCUT2D eigenvalue weighted by Crippen LogP contribution is -2.43. The first-order valence-electron chi connectivity index (χ1n) is 15.0. The maximum absolute atomic E-state index is 14.5. The fourth-order valence-electron chi connectivity index (χ4n) is 5.98. The van der Waals surface area contributed by atoms with Gasteiger partial charge in [0.1, 0.15) is 18.0 Å². The summed E-state index contributed by atoms with van der Waals surface area (Å²) >= 11 is 0. The lowest BCUT2D eigenvalue weighted by atomic mass is 9.97. The van der Waals surface area contributed by atoms with E-state index in [1.807, 2.05) is 7.05 Å². The molecule has 1 saturated heterocycles. The lowest BCUT2D eigenvalue weighted by molar-refractivity contribution is -0.138. The molecular weight excluding hydrogens is 609 g/mol.